The first-order valence-corrected chi connectivity index (χ1v) is 10.1. The van der Waals surface area contributed by atoms with Gasteiger partial charge in [-0.2, -0.15) is 0 Å². The van der Waals surface area contributed by atoms with Crippen LogP contribution in [0.2, 0.25) is 0 Å². The number of aliphatic hydroxyl groups is 1. The predicted molar refractivity (Wildman–Crippen MR) is 104 cm³/mol. The maximum Gasteiger partial charge on any atom is 0.303 e. The Morgan fingerprint density at radius 1 is 1.35 bits per heavy atom. The van der Waals surface area contributed by atoms with Gasteiger partial charge in [-0.25, -0.2) is 0 Å². The van der Waals surface area contributed by atoms with Crippen LogP contribution in [0.4, 0.5) is 0 Å². The second kappa shape index (κ2) is 10.7. The number of hydrogen-bond donors (Lipinski definition) is 2. The molecule has 1 heterocycles. The van der Waals surface area contributed by atoms with Crippen LogP contribution in [0, 0.1) is 17.8 Å². The molecule has 0 aromatic carbocycles. The molecule has 4 heteroatoms. The number of rotatable bonds is 10. The molecule has 2 rings (SSSR count). The van der Waals surface area contributed by atoms with Crippen molar-refractivity contribution >= 4 is 5.97 Å². The van der Waals surface area contributed by atoms with E-state index in [0.29, 0.717) is 12.5 Å². The van der Waals surface area contributed by atoms with E-state index in [1.54, 1.807) is 0 Å². The van der Waals surface area contributed by atoms with Crippen LogP contribution >= 0.6 is 0 Å². The van der Waals surface area contributed by atoms with E-state index < -0.39 is 5.97 Å². The molecule has 1 saturated heterocycles. The molecule has 2 fully saturated rings. The van der Waals surface area contributed by atoms with E-state index in [4.69, 9.17) is 9.84 Å². The number of unbranched alkanes of at least 4 members (excludes halogenated alkanes) is 2. The number of fused-ring (bicyclic) bond motifs is 1. The number of aliphatic hydroxyl groups excluding tert-OH is 1. The van der Waals surface area contributed by atoms with E-state index in [0.717, 1.165) is 32.1 Å². The summed E-state index contributed by atoms with van der Waals surface area (Å²) in [4.78, 5) is 10.5. The molecule has 2 unspecified atom stereocenters. The lowest BCUT2D eigenvalue weighted by Gasteiger charge is -2.18. The molecule has 4 nitrogen and oxygen atoms in total. The normalized spacial score (nSPS) is 31.3. The molecule has 0 amide bonds. The minimum Gasteiger partial charge on any atom is -0.481 e. The quantitative estimate of drug-likeness (QED) is 0.443. The Hall–Kier alpha value is -1.39. The molecule has 1 aliphatic carbocycles. The molecule has 0 aromatic heterocycles. The van der Waals surface area contributed by atoms with E-state index in [1.807, 2.05) is 0 Å². The molecule has 1 saturated carbocycles. The van der Waals surface area contributed by atoms with Crippen LogP contribution in [0.1, 0.15) is 58.8 Å². The van der Waals surface area contributed by atoms with Crippen molar-refractivity contribution < 1.29 is 19.7 Å². The number of ether oxygens (including phenoxy) is 1. The number of allylic oxidation sites excluding steroid dienone is 4. The zero-order valence-electron chi connectivity index (χ0n) is 16.1. The Bertz CT molecular complexity index is 534. The van der Waals surface area contributed by atoms with Crippen molar-refractivity contribution in [1.82, 2.24) is 0 Å². The van der Waals surface area contributed by atoms with Gasteiger partial charge in [-0.15, -0.1) is 0 Å². The number of hydrogen-bond acceptors (Lipinski definition) is 3. The van der Waals surface area contributed by atoms with Gasteiger partial charge in [0, 0.05) is 24.7 Å². The van der Waals surface area contributed by atoms with E-state index in [2.05, 4.69) is 44.2 Å². The van der Waals surface area contributed by atoms with Gasteiger partial charge in [-0.1, -0.05) is 50.6 Å². The van der Waals surface area contributed by atoms with E-state index in [1.165, 1.54) is 12.0 Å². The Balaban J connectivity index is 1.88. The molecule has 0 bridgehead atoms. The van der Waals surface area contributed by atoms with Crippen molar-refractivity contribution in [2.75, 3.05) is 6.61 Å². The van der Waals surface area contributed by atoms with Gasteiger partial charge in [-0.05, 0) is 37.2 Å². The molecular weight excluding hydrogens is 328 g/mol. The molecule has 0 aromatic rings. The van der Waals surface area contributed by atoms with Gasteiger partial charge in [0.1, 0.15) is 0 Å². The third-order valence-corrected chi connectivity index (χ3v) is 5.68. The van der Waals surface area contributed by atoms with Gasteiger partial charge < -0.3 is 14.9 Å². The van der Waals surface area contributed by atoms with Crippen molar-refractivity contribution in [2.45, 2.75) is 71.0 Å². The minimum absolute atomic E-state index is 0.137. The Morgan fingerprint density at radius 2 is 2.15 bits per heavy atom. The van der Waals surface area contributed by atoms with Gasteiger partial charge in [0.05, 0.1) is 18.8 Å². The molecule has 1 aliphatic heterocycles. The highest BCUT2D eigenvalue weighted by atomic mass is 16.5. The third kappa shape index (κ3) is 6.10. The average Bonchev–Trinajstić information content (AvgIpc) is 3.13. The van der Waals surface area contributed by atoms with Gasteiger partial charge in [0.2, 0.25) is 0 Å². The van der Waals surface area contributed by atoms with Crippen molar-refractivity contribution in [1.29, 1.82) is 0 Å². The van der Waals surface area contributed by atoms with Crippen molar-refractivity contribution in [2.24, 2.45) is 17.8 Å². The highest BCUT2D eigenvalue weighted by Crippen LogP contribution is 2.44. The van der Waals surface area contributed by atoms with E-state index in [9.17, 15) is 9.90 Å². The summed E-state index contributed by atoms with van der Waals surface area (Å²) in [6, 6.07) is 0. The largest absolute Gasteiger partial charge is 0.481 e. The van der Waals surface area contributed by atoms with E-state index in [-0.39, 0.29) is 30.5 Å². The molecule has 2 N–H and O–H groups in total. The SMILES string of the molecule is CCC(C)C/C=C/C1[C@H](O)C[C@@H]2OC/C(=C\C=C/CCCCC(=O)O)[C@H]12. The average molecular weight is 363 g/mol. The molecule has 5 atom stereocenters. The lowest BCUT2D eigenvalue weighted by Crippen LogP contribution is -2.18. The summed E-state index contributed by atoms with van der Waals surface area (Å²) in [7, 11) is 0. The van der Waals surface area contributed by atoms with E-state index >= 15 is 0 Å². The van der Waals surface area contributed by atoms with Crippen LogP contribution in [-0.4, -0.2) is 35.0 Å². The van der Waals surface area contributed by atoms with Crippen molar-refractivity contribution in [3.8, 4) is 0 Å². The number of carboxylic acids is 1. The Morgan fingerprint density at radius 3 is 2.88 bits per heavy atom. The van der Waals surface area contributed by atoms with Crippen LogP contribution < -0.4 is 0 Å². The number of aliphatic carboxylic acids is 1. The standard InChI is InChI=1S/C22H34O4/c1-3-16(2)10-9-12-18-19(23)14-20-22(18)17(15-26-20)11-7-5-4-6-8-13-21(24)25/h5,7,9,11-12,16,18-20,22-23H,3-4,6,8,10,13-15H2,1-2H3,(H,24,25)/b7-5-,12-9+,17-11+/t16?,18?,19-,20+,22-/m1/s1. The molecule has 0 radical (unpaired) electrons. The Labute approximate surface area is 157 Å². The molecule has 2 aliphatic rings. The number of carbonyl (C=O) groups is 1. The van der Waals surface area contributed by atoms with Crippen molar-refractivity contribution in [3.05, 3.63) is 36.0 Å². The maximum atomic E-state index is 10.5. The summed E-state index contributed by atoms with van der Waals surface area (Å²) in [5, 5.41) is 19.1. The maximum absolute atomic E-state index is 10.5. The fourth-order valence-corrected chi connectivity index (χ4v) is 3.85. The summed E-state index contributed by atoms with van der Waals surface area (Å²) in [6.45, 7) is 5.11. The monoisotopic (exact) mass is 362 g/mol. The lowest BCUT2D eigenvalue weighted by molar-refractivity contribution is -0.137. The van der Waals surface area contributed by atoms with Gasteiger partial charge in [-0.3, -0.25) is 4.79 Å². The highest BCUT2D eigenvalue weighted by molar-refractivity contribution is 5.66. The zero-order valence-corrected chi connectivity index (χ0v) is 16.1. The van der Waals surface area contributed by atoms with Gasteiger partial charge in [0.15, 0.2) is 0 Å². The second-order valence-corrected chi connectivity index (χ2v) is 7.74. The predicted octanol–water partition coefficient (Wildman–Crippen LogP) is 4.50. The minimum atomic E-state index is -0.725. The molecule has 146 valence electrons. The van der Waals surface area contributed by atoms with Crippen molar-refractivity contribution in [3.63, 3.8) is 0 Å². The van der Waals surface area contributed by atoms with Gasteiger partial charge >= 0.3 is 5.97 Å². The van der Waals surface area contributed by atoms with Crippen LogP contribution in [0.15, 0.2) is 36.0 Å². The fourth-order valence-electron chi connectivity index (χ4n) is 3.85. The first-order chi connectivity index (χ1) is 12.5. The summed E-state index contributed by atoms with van der Waals surface area (Å²) in [5.41, 5.74) is 1.27. The third-order valence-electron chi connectivity index (χ3n) is 5.68. The number of carboxylic acid groups (broad SMARTS) is 1. The van der Waals surface area contributed by atoms with Gasteiger partial charge in [0.25, 0.3) is 0 Å². The van der Waals surface area contributed by atoms with Crippen LogP contribution in [-0.2, 0) is 9.53 Å². The first kappa shape index (κ1) is 20.9. The summed E-state index contributed by atoms with van der Waals surface area (Å²) in [6.07, 6.45) is 16.3. The zero-order chi connectivity index (χ0) is 18.9. The van der Waals surface area contributed by atoms with Crippen LogP contribution in [0.3, 0.4) is 0 Å². The molecular formula is C22H34O4. The summed E-state index contributed by atoms with van der Waals surface area (Å²) >= 11 is 0. The summed E-state index contributed by atoms with van der Waals surface area (Å²) in [5.74, 6) is 0.397. The lowest BCUT2D eigenvalue weighted by atomic mass is 9.87. The Kier molecular flexibility index (Phi) is 8.60. The topological polar surface area (TPSA) is 66.8 Å². The van der Waals surface area contributed by atoms with Crippen LogP contribution in [0.25, 0.3) is 0 Å². The fraction of sp³-hybridized carbons (Fsp3) is 0.682. The highest BCUT2D eigenvalue weighted by Gasteiger charge is 2.47. The second-order valence-electron chi connectivity index (χ2n) is 7.74. The summed E-state index contributed by atoms with van der Waals surface area (Å²) < 4.78 is 5.90. The smallest absolute Gasteiger partial charge is 0.303 e. The molecule has 26 heavy (non-hydrogen) atoms. The van der Waals surface area contributed by atoms with Crippen LogP contribution in [0.5, 0.6) is 0 Å². The first-order valence-electron chi connectivity index (χ1n) is 10.1. The molecule has 0 spiro atoms.